The minimum atomic E-state index is -0.0766. The van der Waals surface area contributed by atoms with Crippen LogP contribution in [0.2, 0.25) is 0 Å². The van der Waals surface area contributed by atoms with E-state index in [2.05, 4.69) is 29.5 Å². The Morgan fingerprint density at radius 1 is 1.50 bits per heavy atom. The van der Waals surface area contributed by atoms with Crippen LogP contribution in [0.3, 0.4) is 0 Å². The maximum atomic E-state index is 11.3. The quantitative estimate of drug-likeness (QED) is 0.673. The molecule has 16 heavy (non-hydrogen) atoms. The van der Waals surface area contributed by atoms with Gasteiger partial charge in [-0.2, -0.15) is 0 Å². The molecule has 4 nitrogen and oxygen atoms in total. The van der Waals surface area contributed by atoms with Gasteiger partial charge in [-0.1, -0.05) is 25.1 Å². The largest absolute Gasteiger partial charge is 0.393 e. The normalized spacial score (nSPS) is 16.6. The fourth-order valence-electron chi connectivity index (χ4n) is 2.12. The molecule has 0 aliphatic heterocycles. The van der Waals surface area contributed by atoms with Gasteiger partial charge in [0.2, 0.25) is 5.91 Å². The molecule has 0 heterocycles. The summed E-state index contributed by atoms with van der Waals surface area (Å²) in [6.07, 6.45) is 5.41. The zero-order valence-corrected chi connectivity index (χ0v) is 10.7. The number of amides is 1. The molecule has 0 bridgehead atoms. The Hall–Kier alpha value is -0.680. The van der Waals surface area contributed by atoms with E-state index >= 15 is 0 Å². The van der Waals surface area contributed by atoms with Crippen molar-refractivity contribution in [1.82, 2.24) is 10.2 Å². The first-order valence-electron chi connectivity index (χ1n) is 5.85. The van der Waals surface area contributed by atoms with Crippen molar-refractivity contribution in [3.63, 3.8) is 0 Å². The van der Waals surface area contributed by atoms with E-state index in [9.17, 15) is 4.79 Å². The molecule has 5 heteroatoms. The van der Waals surface area contributed by atoms with E-state index in [1.165, 1.54) is 25.7 Å². The van der Waals surface area contributed by atoms with E-state index < -0.39 is 0 Å². The molecule has 0 radical (unpaired) electrons. The fraction of sp³-hybridized carbons (Fsp3) is 0.818. The van der Waals surface area contributed by atoms with Gasteiger partial charge in [-0.15, -0.1) is 0 Å². The number of nitrogens with zero attached hydrogens (tertiary/aromatic N) is 1. The van der Waals surface area contributed by atoms with Gasteiger partial charge in [0, 0.05) is 19.1 Å². The number of hydrogen-bond donors (Lipinski definition) is 2. The second-order valence-corrected chi connectivity index (χ2v) is 4.94. The van der Waals surface area contributed by atoms with Crippen LogP contribution in [0.1, 0.15) is 32.1 Å². The lowest BCUT2D eigenvalue weighted by atomic mass is 10.2. The molecular formula is C11H21N3OS. The minimum Gasteiger partial charge on any atom is -0.393 e. The van der Waals surface area contributed by atoms with Gasteiger partial charge in [0.15, 0.2) is 0 Å². The number of rotatable bonds is 6. The third kappa shape index (κ3) is 4.90. The molecule has 1 amide bonds. The first kappa shape index (κ1) is 13.4. The second-order valence-electron chi connectivity index (χ2n) is 4.41. The van der Waals surface area contributed by atoms with Crippen molar-refractivity contribution in [2.45, 2.75) is 38.1 Å². The van der Waals surface area contributed by atoms with Crippen LogP contribution in [-0.4, -0.2) is 42.0 Å². The van der Waals surface area contributed by atoms with Crippen LogP contribution in [0.4, 0.5) is 0 Å². The number of carbonyl (C=O) groups is 1. The topological polar surface area (TPSA) is 58.4 Å². The summed E-state index contributed by atoms with van der Waals surface area (Å²) < 4.78 is 0. The monoisotopic (exact) mass is 243 g/mol. The maximum Gasteiger partial charge on any atom is 0.226 e. The average molecular weight is 243 g/mol. The number of carbonyl (C=O) groups excluding carboxylic acids is 1. The average Bonchev–Trinajstić information content (AvgIpc) is 2.68. The van der Waals surface area contributed by atoms with Crippen molar-refractivity contribution in [2.75, 3.05) is 20.1 Å². The first-order valence-corrected chi connectivity index (χ1v) is 6.25. The lowest BCUT2D eigenvalue weighted by Gasteiger charge is -2.23. The summed E-state index contributed by atoms with van der Waals surface area (Å²) in [6.45, 7) is 1.57. The predicted molar refractivity (Wildman–Crippen MR) is 69.3 cm³/mol. The molecule has 92 valence electrons. The summed E-state index contributed by atoms with van der Waals surface area (Å²) in [5.41, 5.74) is 5.28. The summed E-state index contributed by atoms with van der Waals surface area (Å²) >= 11 is 4.67. The predicted octanol–water partition coefficient (Wildman–Crippen LogP) is 0.653. The molecule has 0 unspecified atom stereocenters. The highest BCUT2D eigenvalue weighted by Gasteiger charge is 2.18. The second kappa shape index (κ2) is 6.81. The van der Waals surface area contributed by atoms with Crippen LogP contribution in [0.25, 0.3) is 0 Å². The summed E-state index contributed by atoms with van der Waals surface area (Å²) in [4.78, 5) is 13.8. The van der Waals surface area contributed by atoms with Gasteiger partial charge in [-0.3, -0.25) is 4.79 Å². The lowest BCUT2D eigenvalue weighted by Crippen LogP contribution is -2.38. The standard InChI is InChI=1S/C11H21N3OS/c1-14(9-4-2-3-5-9)7-6-13-11(15)8-10(12)16/h9H,2-8H2,1H3,(H2,12,16)(H,13,15). The van der Waals surface area contributed by atoms with Crippen molar-refractivity contribution in [1.29, 1.82) is 0 Å². The number of nitrogens with one attached hydrogen (secondary N) is 1. The molecular weight excluding hydrogens is 222 g/mol. The lowest BCUT2D eigenvalue weighted by molar-refractivity contribution is -0.119. The fourth-order valence-corrected chi connectivity index (χ4v) is 2.25. The Kier molecular flexibility index (Phi) is 5.69. The summed E-state index contributed by atoms with van der Waals surface area (Å²) in [5.74, 6) is -0.0766. The zero-order chi connectivity index (χ0) is 12.0. The van der Waals surface area contributed by atoms with Crippen LogP contribution in [0, 0.1) is 0 Å². The third-order valence-corrected chi connectivity index (χ3v) is 3.21. The maximum absolute atomic E-state index is 11.3. The van der Waals surface area contributed by atoms with E-state index in [1.807, 2.05) is 0 Å². The molecule has 0 spiro atoms. The van der Waals surface area contributed by atoms with Crippen LogP contribution in [-0.2, 0) is 4.79 Å². The molecule has 1 rings (SSSR count). The van der Waals surface area contributed by atoms with Crippen molar-refractivity contribution < 1.29 is 4.79 Å². The Bertz CT molecular complexity index is 252. The molecule has 1 saturated carbocycles. The Morgan fingerprint density at radius 2 is 2.12 bits per heavy atom. The van der Waals surface area contributed by atoms with Crippen LogP contribution < -0.4 is 11.1 Å². The van der Waals surface area contributed by atoms with Gasteiger partial charge in [-0.05, 0) is 19.9 Å². The highest BCUT2D eigenvalue weighted by molar-refractivity contribution is 7.80. The Balaban J connectivity index is 2.09. The van der Waals surface area contributed by atoms with Crippen LogP contribution in [0.15, 0.2) is 0 Å². The van der Waals surface area contributed by atoms with E-state index in [1.54, 1.807) is 0 Å². The van der Waals surface area contributed by atoms with Crippen molar-refractivity contribution in [3.05, 3.63) is 0 Å². The third-order valence-electron chi connectivity index (χ3n) is 3.07. The molecule has 0 aromatic heterocycles. The van der Waals surface area contributed by atoms with Crippen LogP contribution >= 0.6 is 12.2 Å². The number of thiocarbonyl (C=S) groups is 1. The smallest absolute Gasteiger partial charge is 0.226 e. The number of hydrogen-bond acceptors (Lipinski definition) is 3. The van der Waals surface area contributed by atoms with Crippen molar-refractivity contribution in [3.8, 4) is 0 Å². The Labute approximate surface area is 103 Å². The van der Waals surface area contributed by atoms with E-state index in [4.69, 9.17) is 5.73 Å². The zero-order valence-electron chi connectivity index (χ0n) is 9.87. The SMILES string of the molecule is CN(CCNC(=O)CC(N)=S)C1CCCC1. The highest BCUT2D eigenvalue weighted by Crippen LogP contribution is 2.21. The summed E-state index contributed by atoms with van der Waals surface area (Å²) in [7, 11) is 2.12. The van der Waals surface area contributed by atoms with Crippen molar-refractivity contribution >= 4 is 23.1 Å². The highest BCUT2D eigenvalue weighted by atomic mass is 32.1. The molecule has 0 aromatic rings. The van der Waals surface area contributed by atoms with Gasteiger partial charge < -0.3 is 16.0 Å². The van der Waals surface area contributed by atoms with Gasteiger partial charge >= 0.3 is 0 Å². The van der Waals surface area contributed by atoms with Gasteiger partial charge in [0.05, 0.1) is 11.4 Å². The molecule has 1 fully saturated rings. The molecule has 0 saturated heterocycles. The molecule has 3 N–H and O–H groups in total. The molecule has 0 aromatic carbocycles. The Morgan fingerprint density at radius 3 is 2.69 bits per heavy atom. The number of nitrogens with two attached hydrogens (primary N) is 1. The van der Waals surface area contributed by atoms with E-state index in [-0.39, 0.29) is 17.3 Å². The van der Waals surface area contributed by atoms with Gasteiger partial charge in [0.25, 0.3) is 0 Å². The van der Waals surface area contributed by atoms with Gasteiger partial charge in [-0.25, -0.2) is 0 Å². The first-order chi connectivity index (χ1) is 7.59. The number of likely N-dealkylation sites (N-methyl/N-ethyl adjacent to an activating group) is 1. The summed E-state index contributed by atoms with van der Waals surface area (Å²) in [5, 5.41) is 2.82. The molecule has 0 atom stereocenters. The molecule has 1 aliphatic rings. The van der Waals surface area contributed by atoms with Gasteiger partial charge in [0.1, 0.15) is 0 Å². The van der Waals surface area contributed by atoms with Crippen LogP contribution in [0.5, 0.6) is 0 Å². The summed E-state index contributed by atoms with van der Waals surface area (Å²) in [6, 6.07) is 0.701. The minimum absolute atomic E-state index is 0.0766. The van der Waals surface area contributed by atoms with E-state index in [0.29, 0.717) is 12.6 Å². The molecule has 1 aliphatic carbocycles. The van der Waals surface area contributed by atoms with Crippen molar-refractivity contribution in [2.24, 2.45) is 5.73 Å². The van der Waals surface area contributed by atoms with E-state index in [0.717, 1.165) is 6.54 Å².